The van der Waals surface area contributed by atoms with Gasteiger partial charge in [-0.25, -0.2) is 0 Å². The first-order valence-corrected chi connectivity index (χ1v) is 7.86. The van der Waals surface area contributed by atoms with Crippen molar-refractivity contribution in [2.45, 2.75) is 0 Å². The Morgan fingerprint density at radius 1 is 0.833 bits per heavy atom. The van der Waals surface area contributed by atoms with Gasteiger partial charge < -0.3 is 0 Å². The Balaban J connectivity index is 1.68. The van der Waals surface area contributed by atoms with Gasteiger partial charge in [-0.15, -0.1) is 0 Å². The molecular formula is C22H15NO. The largest absolute Gasteiger partial charge is 0.289 e. The molecule has 0 fully saturated rings. The van der Waals surface area contributed by atoms with Gasteiger partial charge >= 0.3 is 0 Å². The van der Waals surface area contributed by atoms with E-state index < -0.39 is 0 Å². The molecule has 1 heterocycles. The first-order chi connectivity index (χ1) is 11.8. The summed E-state index contributed by atoms with van der Waals surface area (Å²) in [6.07, 6.45) is 5.26. The number of aromatic nitrogens is 1. The van der Waals surface area contributed by atoms with E-state index in [2.05, 4.69) is 4.98 Å². The van der Waals surface area contributed by atoms with Crippen LogP contribution in [0.2, 0.25) is 0 Å². The van der Waals surface area contributed by atoms with E-state index in [9.17, 15) is 4.79 Å². The molecular weight excluding hydrogens is 294 g/mol. The van der Waals surface area contributed by atoms with Crippen LogP contribution in [0.4, 0.5) is 0 Å². The van der Waals surface area contributed by atoms with Crippen molar-refractivity contribution < 1.29 is 4.79 Å². The summed E-state index contributed by atoms with van der Waals surface area (Å²) < 4.78 is 0. The summed E-state index contributed by atoms with van der Waals surface area (Å²) in [5, 5.41) is 3.26. The highest BCUT2D eigenvalue weighted by Gasteiger charge is 2.04. The number of rotatable bonds is 3. The second kappa shape index (κ2) is 6.09. The Kier molecular flexibility index (Phi) is 3.64. The molecule has 0 amide bonds. The van der Waals surface area contributed by atoms with Crippen LogP contribution >= 0.6 is 0 Å². The Morgan fingerprint density at radius 3 is 2.54 bits per heavy atom. The van der Waals surface area contributed by atoms with Gasteiger partial charge in [-0.1, -0.05) is 60.7 Å². The number of hydrogen-bond acceptors (Lipinski definition) is 2. The summed E-state index contributed by atoms with van der Waals surface area (Å²) in [5.41, 5.74) is 2.62. The van der Waals surface area contributed by atoms with E-state index in [1.165, 1.54) is 0 Å². The van der Waals surface area contributed by atoms with Crippen molar-refractivity contribution in [2.75, 3.05) is 0 Å². The number of hydrogen-bond donors (Lipinski definition) is 0. The van der Waals surface area contributed by atoms with E-state index in [-0.39, 0.29) is 5.78 Å². The lowest BCUT2D eigenvalue weighted by Gasteiger charge is -2.02. The smallest absolute Gasteiger partial charge is 0.185 e. The van der Waals surface area contributed by atoms with Crippen molar-refractivity contribution in [3.63, 3.8) is 0 Å². The first-order valence-electron chi connectivity index (χ1n) is 7.86. The lowest BCUT2D eigenvalue weighted by atomic mass is 10.0. The van der Waals surface area contributed by atoms with Crippen molar-refractivity contribution in [2.24, 2.45) is 0 Å². The molecule has 0 unspecified atom stereocenters. The van der Waals surface area contributed by atoms with Gasteiger partial charge in [-0.2, -0.15) is 0 Å². The standard InChI is InChI=1S/C22H15NO/c24-22(19-10-9-16-5-1-2-6-18(16)15-19)12-11-17-13-14-23-21-8-4-3-7-20(17)21/h1-15H/b12-11+. The van der Waals surface area contributed by atoms with Crippen LogP contribution in [0.15, 0.2) is 85.1 Å². The average molecular weight is 309 g/mol. The third-order valence-electron chi connectivity index (χ3n) is 4.13. The van der Waals surface area contributed by atoms with Crippen LogP contribution in [0.5, 0.6) is 0 Å². The number of carbonyl (C=O) groups excluding carboxylic acids is 1. The maximum absolute atomic E-state index is 12.5. The van der Waals surface area contributed by atoms with Gasteiger partial charge in [-0.05, 0) is 40.6 Å². The summed E-state index contributed by atoms with van der Waals surface area (Å²) in [5.74, 6) is 0.00152. The van der Waals surface area contributed by atoms with E-state index in [0.717, 1.165) is 27.2 Å². The fourth-order valence-electron chi connectivity index (χ4n) is 2.87. The predicted octanol–water partition coefficient (Wildman–Crippen LogP) is 5.28. The molecule has 0 bridgehead atoms. The molecule has 0 aliphatic rings. The molecule has 0 radical (unpaired) electrons. The van der Waals surface area contributed by atoms with Gasteiger partial charge in [0.25, 0.3) is 0 Å². The Morgan fingerprint density at radius 2 is 1.62 bits per heavy atom. The topological polar surface area (TPSA) is 30.0 Å². The highest BCUT2D eigenvalue weighted by Crippen LogP contribution is 2.19. The van der Waals surface area contributed by atoms with E-state index in [1.807, 2.05) is 78.9 Å². The van der Waals surface area contributed by atoms with Crippen molar-refractivity contribution in [3.05, 3.63) is 96.2 Å². The van der Waals surface area contributed by atoms with Crippen LogP contribution in [0.3, 0.4) is 0 Å². The van der Waals surface area contributed by atoms with E-state index in [1.54, 1.807) is 12.3 Å². The van der Waals surface area contributed by atoms with Gasteiger partial charge in [0.15, 0.2) is 5.78 Å². The van der Waals surface area contributed by atoms with Crippen molar-refractivity contribution in [3.8, 4) is 0 Å². The van der Waals surface area contributed by atoms with Gasteiger partial charge in [-0.3, -0.25) is 9.78 Å². The second-order valence-corrected chi connectivity index (χ2v) is 5.68. The van der Waals surface area contributed by atoms with Gasteiger partial charge in [0.1, 0.15) is 0 Å². The Hall–Kier alpha value is -3.26. The Bertz CT molecular complexity index is 1070. The van der Waals surface area contributed by atoms with Gasteiger partial charge in [0, 0.05) is 17.1 Å². The van der Waals surface area contributed by atoms with Crippen LogP contribution in [0.1, 0.15) is 15.9 Å². The minimum absolute atomic E-state index is 0.00152. The zero-order valence-corrected chi connectivity index (χ0v) is 13.0. The zero-order chi connectivity index (χ0) is 16.4. The zero-order valence-electron chi connectivity index (χ0n) is 13.0. The number of carbonyl (C=O) groups is 1. The minimum Gasteiger partial charge on any atom is -0.289 e. The highest BCUT2D eigenvalue weighted by molar-refractivity contribution is 6.09. The van der Waals surface area contributed by atoms with Gasteiger partial charge in [0.2, 0.25) is 0 Å². The number of allylic oxidation sites excluding steroid dienone is 1. The molecule has 2 heteroatoms. The summed E-state index contributed by atoms with van der Waals surface area (Å²) in [6.45, 7) is 0. The maximum Gasteiger partial charge on any atom is 0.185 e. The first kappa shape index (κ1) is 14.3. The van der Waals surface area contributed by atoms with Crippen LogP contribution in [0.25, 0.3) is 27.8 Å². The molecule has 0 aliphatic carbocycles. The number of nitrogens with zero attached hydrogens (tertiary/aromatic N) is 1. The summed E-state index contributed by atoms with van der Waals surface area (Å²) in [6, 6.07) is 23.7. The molecule has 0 saturated heterocycles. The molecule has 2 nitrogen and oxygen atoms in total. The predicted molar refractivity (Wildman–Crippen MR) is 99.1 cm³/mol. The molecule has 0 N–H and O–H groups in total. The molecule has 0 spiro atoms. The molecule has 0 atom stereocenters. The molecule has 0 saturated carbocycles. The van der Waals surface area contributed by atoms with Gasteiger partial charge in [0.05, 0.1) is 5.52 Å². The van der Waals surface area contributed by atoms with Crippen LogP contribution in [0, 0.1) is 0 Å². The van der Waals surface area contributed by atoms with Crippen molar-refractivity contribution >= 4 is 33.5 Å². The van der Waals surface area contributed by atoms with Crippen LogP contribution in [-0.4, -0.2) is 10.8 Å². The number of para-hydroxylation sites is 1. The fourth-order valence-corrected chi connectivity index (χ4v) is 2.87. The average Bonchev–Trinajstić information content (AvgIpc) is 2.65. The number of pyridine rings is 1. The van der Waals surface area contributed by atoms with Crippen LogP contribution < -0.4 is 0 Å². The normalized spacial score (nSPS) is 11.3. The third-order valence-corrected chi connectivity index (χ3v) is 4.13. The van der Waals surface area contributed by atoms with E-state index >= 15 is 0 Å². The number of fused-ring (bicyclic) bond motifs is 2. The SMILES string of the molecule is O=C(/C=C/c1ccnc2ccccc12)c1ccc2ccccc2c1. The quantitative estimate of drug-likeness (QED) is 0.380. The molecule has 3 aromatic carbocycles. The lowest BCUT2D eigenvalue weighted by molar-refractivity contribution is 0.104. The molecule has 114 valence electrons. The summed E-state index contributed by atoms with van der Waals surface area (Å²) in [4.78, 5) is 16.8. The minimum atomic E-state index is 0.00152. The molecule has 1 aromatic heterocycles. The molecule has 4 aromatic rings. The highest BCUT2D eigenvalue weighted by atomic mass is 16.1. The number of benzene rings is 3. The lowest BCUT2D eigenvalue weighted by Crippen LogP contribution is -1.94. The third kappa shape index (κ3) is 2.70. The number of ketones is 1. The van der Waals surface area contributed by atoms with Crippen LogP contribution in [-0.2, 0) is 0 Å². The monoisotopic (exact) mass is 309 g/mol. The second-order valence-electron chi connectivity index (χ2n) is 5.68. The molecule has 4 rings (SSSR count). The summed E-state index contributed by atoms with van der Waals surface area (Å²) >= 11 is 0. The van der Waals surface area contributed by atoms with E-state index in [0.29, 0.717) is 5.56 Å². The molecule has 0 aliphatic heterocycles. The Labute approximate surface area is 140 Å². The van der Waals surface area contributed by atoms with E-state index in [4.69, 9.17) is 0 Å². The maximum atomic E-state index is 12.5. The molecule has 24 heavy (non-hydrogen) atoms. The summed E-state index contributed by atoms with van der Waals surface area (Å²) in [7, 11) is 0. The van der Waals surface area contributed by atoms with Crippen molar-refractivity contribution in [1.82, 2.24) is 4.98 Å². The fraction of sp³-hybridized carbons (Fsp3) is 0. The van der Waals surface area contributed by atoms with Crippen molar-refractivity contribution in [1.29, 1.82) is 0 Å².